The predicted molar refractivity (Wildman–Crippen MR) is 135 cm³/mol. The number of hydroxylamine groups is 2. The van der Waals surface area contributed by atoms with E-state index in [1.165, 1.54) is 24.3 Å². The molecular weight excluding hydrogens is 439 g/mol. The fraction of sp³-hybridized carbons (Fsp3) is 0.385. The second-order valence-corrected chi connectivity index (χ2v) is 7.86. The first kappa shape index (κ1) is 28.4. The largest absolute Gasteiger partial charge is 0.352 e. The maximum Gasteiger partial charge on any atom is 0.251 e. The molecule has 0 fully saturated rings. The van der Waals surface area contributed by atoms with Gasteiger partial charge in [0.2, 0.25) is 5.91 Å². The molecule has 33 heavy (non-hydrogen) atoms. The molecule has 2 amide bonds. The van der Waals surface area contributed by atoms with Crippen LogP contribution in [0.4, 0.5) is 4.39 Å². The van der Waals surface area contributed by atoms with Crippen LogP contribution in [0.2, 0.25) is 0 Å². The number of benzene rings is 2. The number of rotatable bonds is 11. The van der Waals surface area contributed by atoms with Gasteiger partial charge < -0.3 is 5.32 Å². The zero-order valence-electron chi connectivity index (χ0n) is 20.2. The van der Waals surface area contributed by atoms with Gasteiger partial charge in [-0.3, -0.25) is 14.4 Å². The SMILES string of the molecule is CC.CON(C)C(=O)CCCCCNC(=O)/C(=C\c1ccc(SC)cc1)c1ccc(F)cc1. The van der Waals surface area contributed by atoms with Crippen LogP contribution in [0.15, 0.2) is 53.4 Å². The highest BCUT2D eigenvalue weighted by Gasteiger charge is 2.13. The molecule has 0 unspecified atom stereocenters. The minimum Gasteiger partial charge on any atom is -0.352 e. The van der Waals surface area contributed by atoms with Gasteiger partial charge in [0.1, 0.15) is 5.82 Å². The number of amides is 2. The van der Waals surface area contributed by atoms with Gasteiger partial charge in [-0.25, -0.2) is 9.45 Å². The minimum absolute atomic E-state index is 0.0689. The molecule has 1 N–H and O–H groups in total. The average Bonchev–Trinajstić information content (AvgIpc) is 2.86. The summed E-state index contributed by atoms with van der Waals surface area (Å²) in [7, 11) is 3.04. The smallest absolute Gasteiger partial charge is 0.251 e. The van der Waals surface area contributed by atoms with Crippen molar-refractivity contribution in [3.8, 4) is 0 Å². The maximum absolute atomic E-state index is 13.4. The summed E-state index contributed by atoms with van der Waals surface area (Å²) in [6, 6.07) is 13.8. The zero-order valence-corrected chi connectivity index (χ0v) is 21.0. The van der Waals surface area contributed by atoms with Crippen molar-refractivity contribution in [1.29, 1.82) is 0 Å². The van der Waals surface area contributed by atoms with Crippen LogP contribution in [0.25, 0.3) is 11.6 Å². The number of nitrogens with one attached hydrogen (secondary N) is 1. The number of thioether (sulfide) groups is 1. The summed E-state index contributed by atoms with van der Waals surface area (Å²) in [4.78, 5) is 30.6. The van der Waals surface area contributed by atoms with Gasteiger partial charge in [0.25, 0.3) is 5.91 Å². The molecule has 7 heteroatoms. The van der Waals surface area contributed by atoms with E-state index in [9.17, 15) is 14.0 Å². The van der Waals surface area contributed by atoms with Crippen LogP contribution >= 0.6 is 11.8 Å². The van der Waals surface area contributed by atoms with Gasteiger partial charge >= 0.3 is 0 Å². The third-order valence-electron chi connectivity index (χ3n) is 4.80. The molecule has 180 valence electrons. The van der Waals surface area contributed by atoms with Crippen molar-refractivity contribution >= 4 is 35.2 Å². The summed E-state index contributed by atoms with van der Waals surface area (Å²) in [5, 5.41) is 4.15. The van der Waals surface area contributed by atoms with E-state index in [4.69, 9.17) is 4.84 Å². The maximum atomic E-state index is 13.4. The average molecular weight is 475 g/mol. The highest BCUT2D eigenvalue weighted by Crippen LogP contribution is 2.21. The fourth-order valence-electron chi connectivity index (χ4n) is 2.91. The lowest BCUT2D eigenvalue weighted by atomic mass is 10.0. The second-order valence-electron chi connectivity index (χ2n) is 6.98. The van der Waals surface area contributed by atoms with Gasteiger partial charge in [-0.1, -0.05) is 44.5 Å². The number of nitrogens with zero attached hydrogens (tertiary/aromatic N) is 1. The van der Waals surface area contributed by atoms with Crippen molar-refractivity contribution in [2.45, 2.75) is 44.4 Å². The molecule has 0 aliphatic carbocycles. The minimum atomic E-state index is -0.346. The van der Waals surface area contributed by atoms with Gasteiger partial charge in [-0.15, -0.1) is 11.8 Å². The van der Waals surface area contributed by atoms with Gasteiger partial charge in [0, 0.05) is 30.5 Å². The van der Waals surface area contributed by atoms with Crippen molar-refractivity contribution in [3.63, 3.8) is 0 Å². The van der Waals surface area contributed by atoms with E-state index in [1.807, 2.05) is 50.4 Å². The Labute approximate surface area is 201 Å². The first-order valence-electron chi connectivity index (χ1n) is 11.1. The zero-order chi connectivity index (χ0) is 24.6. The number of halogens is 1. The van der Waals surface area contributed by atoms with Crippen LogP contribution in [-0.2, 0) is 14.4 Å². The highest BCUT2D eigenvalue weighted by molar-refractivity contribution is 7.98. The van der Waals surface area contributed by atoms with Gasteiger partial charge in [0.15, 0.2) is 0 Å². The third kappa shape index (κ3) is 10.2. The number of hydrogen-bond donors (Lipinski definition) is 1. The summed E-state index contributed by atoms with van der Waals surface area (Å²) in [5.74, 6) is -0.627. The normalized spacial score (nSPS) is 10.8. The molecule has 2 aromatic rings. The Morgan fingerprint density at radius 1 is 1.03 bits per heavy atom. The molecule has 0 saturated carbocycles. The Hall–Kier alpha value is -2.64. The number of hydrogen-bond acceptors (Lipinski definition) is 4. The Kier molecular flexibility index (Phi) is 13.8. The van der Waals surface area contributed by atoms with Crippen molar-refractivity contribution < 1.29 is 18.8 Å². The summed E-state index contributed by atoms with van der Waals surface area (Å²) in [6.07, 6.45) is 6.53. The standard InChI is InChI=1S/C24H29FN2O3S.C2H6/c1-27(30-2)23(28)7-5-4-6-16-26-24(29)22(19-10-12-20(25)13-11-19)17-18-8-14-21(31-3)15-9-18;1-2/h8-15,17H,4-7,16H2,1-3H3,(H,26,29);1-2H3/b22-17-;. The molecule has 0 atom stereocenters. The predicted octanol–water partition coefficient (Wildman–Crippen LogP) is 5.81. The molecule has 0 bridgehead atoms. The molecule has 0 saturated heterocycles. The van der Waals surface area contributed by atoms with Gasteiger partial charge in [0.05, 0.1) is 7.11 Å². The second kappa shape index (κ2) is 16.0. The molecule has 0 aliphatic rings. The lowest BCUT2D eigenvalue weighted by Gasteiger charge is -2.13. The van der Waals surface area contributed by atoms with E-state index in [0.717, 1.165) is 29.7 Å². The third-order valence-corrected chi connectivity index (χ3v) is 5.55. The van der Waals surface area contributed by atoms with E-state index in [0.29, 0.717) is 24.1 Å². The van der Waals surface area contributed by atoms with Crippen molar-refractivity contribution in [3.05, 3.63) is 65.5 Å². The summed E-state index contributed by atoms with van der Waals surface area (Å²) < 4.78 is 13.4. The molecule has 0 heterocycles. The Balaban J connectivity index is 0.00000265. The summed E-state index contributed by atoms with van der Waals surface area (Å²) in [5.41, 5.74) is 2.03. The molecule has 2 aromatic carbocycles. The highest BCUT2D eigenvalue weighted by atomic mass is 32.2. The van der Waals surface area contributed by atoms with E-state index < -0.39 is 0 Å². The van der Waals surface area contributed by atoms with E-state index >= 15 is 0 Å². The van der Waals surface area contributed by atoms with E-state index in [1.54, 1.807) is 30.9 Å². The summed E-state index contributed by atoms with van der Waals surface area (Å²) >= 11 is 1.65. The number of carbonyl (C=O) groups excluding carboxylic acids is 2. The molecule has 0 aromatic heterocycles. The quantitative estimate of drug-likeness (QED) is 0.147. The summed E-state index contributed by atoms with van der Waals surface area (Å²) in [6.45, 7) is 4.50. The lowest BCUT2D eigenvalue weighted by Crippen LogP contribution is -2.26. The van der Waals surface area contributed by atoms with Gasteiger partial charge in [-0.05, 0) is 60.6 Å². The van der Waals surface area contributed by atoms with Crippen LogP contribution in [0.5, 0.6) is 0 Å². The van der Waals surface area contributed by atoms with Crippen LogP contribution < -0.4 is 5.32 Å². The first-order valence-corrected chi connectivity index (χ1v) is 12.4. The van der Waals surface area contributed by atoms with Crippen LogP contribution in [0.1, 0.15) is 50.7 Å². The van der Waals surface area contributed by atoms with Crippen molar-refractivity contribution in [2.75, 3.05) is 27.0 Å². The molecule has 5 nitrogen and oxygen atoms in total. The monoisotopic (exact) mass is 474 g/mol. The molecule has 0 aliphatic heterocycles. The lowest BCUT2D eigenvalue weighted by molar-refractivity contribution is -0.168. The van der Waals surface area contributed by atoms with Gasteiger partial charge in [-0.2, -0.15) is 0 Å². The Bertz CT molecular complexity index is 883. The molecular formula is C26H35FN2O3S. The number of carbonyl (C=O) groups is 2. The molecule has 0 radical (unpaired) electrons. The van der Waals surface area contributed by atoms with Crippen LogP contribution in [-0.4, -0.2) is 43.8 Å². The van der Waals surface area contributed by atoms with Crippen LogP contribution in [0, 0.1) is 5.82 Å². The number of unbranched alkanes of at least 4 members (excludes halogenated alkanes) is 2. The molecule has 0 spiro atoms. The van der Waals surface area contributed by atoms with Crippen molar-refractivity contribution in [1.82, 2.24) is 10.4 Å². The molecule has 2 rings (SSSR count). The van der Waals surface area contributed by atoms with Crippen molar-refractivity contribution in [2.24, 2.45) is 0 Å². The van der Waals surface area contributed by atoms with Crippen LogP contribution in [0.3, 0.4) is 0 Å². The fourth-order valence-corrected chi connectivity index (χ4v) is 3.32. The Morgan fingerprint density at radius 3 is 2.24 bits per heavy atom. The topological polar surface area (TPSA) is 58.6 Å². The first-order chi connectivity index (χ1) is 15.9. The Morgan fingerprint density at radius 2 is 1.67 bits per heavy atom. The van der Waals surface area contributed by atoms with E-state index in [-0.39, 0.29) is 17.6 Å². The van der Waals surface area contributed by atoms with E-state index in [2.05, 4.69) is 5.32 Å².